The average molecular weight is 359 g/mol. The van der Waals surface area contributed by atoms with Crippen molar-refractivity contribution in [3.63, 3.8) is 0 Å². The van der Waals surface area contributed by atoms with Gasteiger partial charge in [-0.25, -0.2) is 4.79 Å². The molecule has 4 rings (SSSR count). The average Bonchev–Trinajstić information content (AvgIpc) is 3.31. The van der Waals surface area contributed by atoms with Crippen molar-refractivity contribution in [1.82, 2.24) is 10.2 Å². The molecule has 1 saturated carbocycles. The highest BCUT2D eigenvalue weighted by atomic mass is 16.7. The molecule has 0 radical (unpaired) electrons. The molecule has 7 nitrogen and oxygen atoms in total. The molecule has 1 aromatic carbocycles. The van der Waals surface area contributed by atoms with Gasteiger partial charge in [0.2, 0.25) is 12.7 Å². The van der Waals surface area contributed by atoms with Crippen LogP contribution in [0.15, 0.2) is 18.2 Å². The van der Waals surface area contributed by atoms with E-state index in [2.05, 4.69) is 10.6 Å². The van der Waals surface area contributed by atoms with E-state index in [4.69, 9.17) is 9.47 Å². The van der Waals surface area contributed by atoms with Crippen LogP contribution in [0.25, 0.3) is 0 Å². The van der Waals surface area contributed by atoms with Crippen molar-refractivity contribution in [3.8, 4) is 11.5 Å². The third-order valence-electron chi connectivity index (χ3n) is 5.39. The second kappa shape index (κ2) is 7.43. The molecule has 1 aliphatic carbocycles. The number of urea groups is 1. The number of ether oxygens (including phenoxy) is 2. The van der Waals surface area contributed by atoms with E-state index in [0.717, 1.165) is 19.3 Å². The zero-order valence-electron chi connectivity index (χ0n) is 14.8. The Bertz CT molecular complexity index is 687. The number of fused-ring (bicyclic) bond motifs is 1. The first-order valence-corrected chi connectivity index (χ1v) is 9.48. The molecule has 1 unspecified atom stereocenters. The number of hydrogen-bond donors (Lipinski definition) is 2. The fourth-order valence-electron chi connectivity index (χ4n) is 3.99. The summed E-state index contributed by atoms with van der Waals surface area (Å²) in [6, 6.07) is 5.02. The Balaban J connectivity index is 1.37. The molecule has 1 aromatic rings. The van der Waals surface area contributed by atoms with Gasteiger partial charge in [0.25, 0.3) is 0 Å². The molecular weight excluding hydrogens is 334 g/mol. The lowest BCUT2D eigenvalue weighted by atomic mass is 9.96. The van der Waals surface area contributed by atoms with Crippen molar-refractivity contribution in [3.05, 3.63) is 18.2 Å². The fraction of sp³-hybridized carbons (Fsp3) is 0.579. The van der Waals surface area contributed by atoms with Gasteiger partial charge in [0.1, 0.15) is 6.04 Å². The maximum Gasteiger partial charge on any atom is 0.318 e. The summed E-state index contributed by atoms with van der Waals surface area (Å²) in [6.07, 6.45) is 7.18. The van der Waals surface area contributed by atoms with E-state index >= 15 is 0 Å². The Hall–Kier alpha value is -2.44. The molecule has 1 atom stereocenters. The predicted octanol–water partition coefficient (Wildman–Crippen LogP) is 2.86. The van der Waals surface area contributed by atoms with Crippen LogP contribution in [0.1, 0.15) is 44.9 Å². The highest BCUT2D eigenvalue weighted by molar-refractivity contribution is 5.97. The third-order valence-corrected chi connectivity index (χ3v) is 5.39. The van der Waals surface area contributed by atoms with E-state index < -0.39 is 6.04 Å². The summed E-state index contributed by atoms with van der Waals surface area (Å²) in [5, 5.41) is 6.02. The van der Waals surface area contributed by atoms with Gasteiger partial charge in [-0.3, -0.25) is 4.79 Å². The van der Waals surface area contributed by atoms with Crippen LogP contribution >= 0.6 is 0 Å². The smallest absolute Gasteiger partial charge is 0.318 e. The van der Waals surface area contributed by atoms with Crippen LogP contribution in [0.5, 0.6) is 11.5 Å². The monoisotopic (exact) mass is 359 g/mol. The van der Waals surface area contributed by atoms with Gasteiger partial charge in [0.15, 0.2) is 11.5 Å². The molecule has 7 heteroatoms. The van der Waals surface area contributed by atoms with Gasteiger partial charge in [-0.2, -0.15) is 0 Å². The summed E-state index contributed by atoms with van der Waals surface area (Å²) in [7, 11) is 0. The maximum atomic E-state index is 12.7. The van der Waals surface area contributed by atoms with Gasteiger partial charge in [0, 0.05) is 24.3 Å². The normalized spacial score (nSPS) is 22.3. The molecule has 2 heterocycles. The molecule has 0 bridgehead atoms. The molecule has 2 N–H and O–H groups in total. The van der Waals surface area contributed by atoms with E-state index in [1.54, 1.807) is 23.1 Å². The van der Waals surface area contributed by atoms with Crippen LogP contribution in [-0.2, 0) is 4.79 Å². The van der Waals surface area contributed by atoms with Crippen LogP contribution in [0.3, 0.4) is 0 Å². The Labute approximate surface area is 153 Å². The standard InChI is InChI=1S/C19H25N3O4/c23-18(20-14-8-9-16-17(11-14)26-12-25-16)15-7-4-10-22(15)19(24)21-13-5-2-1-3-6-13/h8-9,11,13,15H,1-7,10,12H2,(H,20,23)(H,21,24). The highest BCUT2D eigenvalue weighted by Gasteiger charge is 2.35. The minimum Gasteiger partial charge on any atom is -0.454 e. The van der Waals surface area contributed by atoms with Crippen molar-refractivity contribution in [1.29, 1.82) is 0 Å². The summed E-state index contributed by atoms with van der Waals surface area (Å²) in [5.41, 5.74) is 0.652. The molecule has 0 spiro atoms. The van der Waals surface area contributed by atoms with Gasteiger partial charge in [0.05, 0.1) is 0 Å². The number of hydrogen-bond acceptors (Lipinski definition) is 4. The molecule has 2 aliphatic heterocycles. The largest absolute Gasteiger partial charge is 0.454 e. The molecular formula is C19H25N3O4. The molecule has 3 amide bonds. The van der Waals surface area contributed by atoms with E-state index in [0.29, 0.717) is 30.2 Å². The zero-order valence-corrected chi connectivity index (χ0v) is 14.8. The summed E-state index contributed by atoms with van der Waals surface area (Å²) in [6.45, 7) is 0.822. The summed E-state index contributed by atoms with van der Waals surface area (Å²) < 4.78 is 10.6. The summed E-state index contributed by atoms with van der Waals surface area (Å²) >= 11 is 0. The lowest BCUT2D eigenvalue weighted by Gasteiger charge is -2.29. The number of anilines is 1. The molecule has 1 saturated heterocycles. The minimum atomic E-state index is -0.427. The number of benzene rings is 1. The van der Waals surface area contributed by atoms with Crippen LogP contribution in [0.4, 0.5) is 10.5 Å². The third kappa shape index (κ3) is 3.57. The van der Waals surface area contributed by atoms with Crippen molar-refractivity contribution in [2.24, 2.45) is 0 Å². The Morgan fingerprint density at radius 1 is 1.00 bits per heavy atom. The zero-order chi connectivity index (χ0) is 17.9. The fourth-order valence-corrected chi connectivity index (χ4v) is 3.99. The number of carbonyl (C=O) groups excluding carboxylic acids is 2. The van der Waals surface area contributed by atoms with Gasteiger partial charge in [-0.15, -0.1) is 0 Å². The molecule has 2 fully saturated rings. The van der Waals surface area contributed by atoms with Crippen LogP contribution in [0.2, 0.25) is 0 Å². The first kappa shape index (κ1) is 17.0. The Kier molecular flexibility index (Phi) is 4.86. The molecule has 26 heavy (non-hydrogen) atoms. The van der Waals surface area contributed by atoms with Crippen LogP contribution < -0.4 is 20.1 Å². The van der Waals surface area contributed by atoms with Crippen molar-refractivity contribution >= 4 is 17.6 Å². The van der Waals surface area contributed by atoms with E-state index in [-0.39, 0.29) is 24.8 Å². The number of amides is 3. The van der Waals surface area contributed by atoms with Crippen molar-refractivity contribution in [2.75, 3.05) is 18.7 Å². The quantitative estimate of drug-likeness (QED) is 0.870. The second-order valence-corrected chi connectivity index (χ2v) is 7.19. The summed E-state index contributed by atoms with van der Waals surface area (Å²) in [4.78, 5) is 27.0. The van der Waals surface area contributed by atoms with E-state index in [9.17, 15) is 9.59 Å². The van der Waals surface area contributed by atoms with Gasteiger partial charge >= 0.3 is 6.03 Å². The number of likely N-dealkylation sites (tertiary alicyclic amines) is 1. The lowest BCUT2D eigenvalue weighted by Crippen LogP contribution is -2.50. The first-order chi connectivity index (χ1) is 12.7. The number of carbonyl (C=O) groups is 2. The number of nitrogens with zero attached hydrogens (tertiary/aromatic N) is 1. The molecule has 0 aromatic heterocycles. The van der Waals surface area contributed by atoms with Gasteiger partial charge in [-0.1, -0.05) is 19.3 Å². The van der Waals surface area contributed by atoms with Crippen molar-refractivity contribution in [2.45, 2.75) is 57.0 Å². The number of nitrogens with one attached hydrogen (secondary N) is 2. The topological polar surface area (TPSA) is 79.9 Å². The minimum absolute atomic E-state index is 0.111. The number of rotatable bonds is 3. The van der Waals surface area contributed by atoms with Gasteiger partial charge < -0.3 is 25.0 Å². The van der Waals surface area contributed by atoms with E-state index in [1.807, 2.05) is 0 Å². The van der Waals surface area contributed by atoms with Gasteiger partial charge in [-0.05, 0) is 37.8 Å². The Morgan fingerprint density at radius 2 is 1.81 bits per heavy atom. The summed E-state index contributed by atoms with van der Waals surface area (Å²) in [5.74, 6) is 1.15. The molecule has 3 aliphatic rings. The van der Waals surface area contributed by atoms with Crippen LogP contribution in [0, 0.1) is 0 Å². The lowest BCUT2D eigenvalue weighted by molar-refractivity contribution is -0.119. The SMILES string of the molecule is O=C(Nc1ccc2c(c1)OCO2)C1CCCN1C(=O)NC1CCCCC1. The highest BCUT2D eigenvalue weighted by Crippen LogP contribution is 2.34. The van der Waals surface area contributed by atoms with Crippen LogP contribution in [-0.4, -0.2) is 42.3 Å². The maximum absolute atomic E-state index is 12.7. The second-order valence-electron chi connectivity index (χ2n) is 7.19. The molecule has 140 valence electrons. The van der Waals surface area contributed by atoms with Crippen molar-refractivity contribution < 1.29 is 19.1 Å². The van der Waals surface area contributed by atoms with E-state index in [1.165, 1.54) is 19.3 Å². The Morgan fingerprint density at radius 3 is 2.65 bits per heavy atom. The predicted molar refractivity (Wildman–Crippen MR) is 96.3 cm³/mol. The first-order valence-electron chi connectivity index (χ1n) is 9.48.